The van der Waals surface area contributed by atoms with Gasteiger partial charge in [0.05, 0.1) is 7.11 Å². The lowest BCUT2D eigenvalue weighted by atomic mass is 9.87. The molecule has 0 bridgehead atoms. The highest BCUT2D eigenvalue weighted by Gasteiger charge is 2.23. The van der Waals surface area contributed by atoms with Crippen LogP contribution in [0.25, 0.3) is 27.7 Å². The van der Waals surface area contributed by atoms with Gasteiger partial charge in [-0.15, -0.1) is 0 Å². The number of carbonyl (C=O) groups is 1. The van der Waals surface area contributed by atoms with Gasteiger partial charge < -0.3 is 9.72 Å². The van der Waals surface area contributed by atoms with Crippen molar-refractivity contribution in [3.8, 4) is 23.1 Å². The summed E-state index contributed by atoms with van der Waals surface area (Å²) in [6, 6.07) is 8.28. The van der Waals surface area contributed by atoms with E-state index in [0.29, 0.717) is 29.8 Å². The average molecular weight is 390 g/mol. The number of allylic oxidation sites excluding steroid dienone is 2. The summed E-state index contributed by atoms with van der Waals surface area (Å²) in [5.74, 6) is -0.169. The average Bonchev–Trinajstić information content (AvgIpc) is 3.18. The van der Waals surface area contributed by atoms with Gasteiger partial charge in [0.25, 0.3) is 0 Å². The van der Waals surface area contributed by atoms with Crippen molar-refractivity contribution in [2.75, 3.05) is 7.11 Å². The van der Waals surface area contributed by atoms with E-state index in [4.69, 9.17) is 10.00 Å². The first-order chi connectivity index (χ1) is 14.1. The Balaban J connectivity index is 1.70. The number of amides is 1. The predicted octanol–water partition coefficient (Wildman–Crippen LogP) is 4.16. The molecule has 2 N–H and O–H groups in total. The quantitative estimate of drug-likeness (QED) is 0.517. The summed E-state index contributed by atoms with van der Waals surface area (Å²) < 4.78 is 19.3. The second-order valence-electron chi connectivity index (χ2n) is 6.95. The molecule has 1 amide bonds. The lowest BCUT2D eigenvalue weighted by molar-refractivity contribution is -0.124. The molecule has 1 aromatic carbocycles. The zero-order valence-electron chi connectivity index (χ0n) is 15.8. The molecule has 1 unspecified atom stereocenters. The Labute approximate surface area is 167 Å². The van der Waals surface area contributed by atoms with Crippen molar-refractivity contribution in [3.63, 3.8) is 0 Å². The number of aromatic nitrogens is 2. The van der Waals surface area contributed by atoms with Gasteiger partial charge in [-0.1, -0.05) is 6.08 Å². The zero-order chi connectivity index (χ0) is 20.4. The third-order valence-corrected chi connectivity index (χ3v) is 5.29. The van der Waals surface area contributed by atoms with Crippen LogP contribution < -0.4 is 10.1 Å². The van der Waals surface area contributed by atoms with E-state index < -0.39 is 0 Å². The first-order valence-corrected chi connectivity index (χ1v) is 9.30. The van der Waals surface area contributed by atoms with Crippen molar-refractivity contribution in [3.05, 3.63) is 54.1 Å². The molecule has 1 aliphatic rings. The number of fused-ring (bicyclic) bond motifs is 1. The summed E-state index contributed by atoms with van der Waals surface area (Å²) in [5, 5.41) is 11.7. The molecule has 1 aliphatic carbocycles. The third kappa shape index (κ3) is 3.57. The molecule has 0 aliphatic heterocycles. The van der Waals surface area contributed by atoms with Crippen molar-refractivity contribution in [2.45, 2.75) is 19.3 Å². The number of pyridine rings is 1. The second kappa shape index (κ2) is 7.76. The number of rotatable bonds is 4. The highest BCUT2D eigenvalue weighted by Crippen LogP contribution is 2.37. The minimum Gasteiger partial charge on any atom is -0.496 e. The molecule has 0 spiro atoms. The summed E-state index contributed by atoms with van der Waals surface area (Å²) in [7, 11) is 1.56. The van der Waals surface area contributed by atoms with Gasteiger partial charge >= 0.3 is 0 Å². The van der Waals surface area contributed by atoms with Gasteiger partial charge in [-0.05, 0) is 60.7 Å². The minimum absolute atomic E-state index is 0.187. The highest BCUT2D eigenvalue weighted by atomic mass is 19.1. The molecule has 2 heterocycles. The van der Waals surface area contributed by atoms with Crippen LogP contribution in [-0.2, 0) is 4.79 Å². The molecular formula is C22H19FN4O2. The molecule has 0 saturated heterocycles. The third-order valence-electron chi connectivity index (χ3n) is 5.29. The van der Waals surface area contributed by atoms with E-state index in [1.54, 1.807) is 25.6 Å². The zero-order valence-corrected chi connectivity index (χ0v) is 15.8. The Kier molecular flexibility index (Phi) is 5.00. The summed E-state index contributed by atoms with van der Waals surface area (Å²) in [6.07, 6.45) is 7.37. The van der Waals surface area contributed by atoms with Crippen molar-refractivity contribution in [2.24, 2.45) is 5.92 Å². The SMILES string of the molecule is COc1ccc(F)cc1-c1ccnc2[nH]c(C3=CCC(C(=O)NC#N)CC3)cc12. The lowest BCUT2D eigenvalue weighted by Gasteiger charge is -2.19. The summed E-state index contributed by atoms with van der Waals surface area (Å²) in [4.78, 5) is 19.6. The highest BCUT2D eigenvalue weighted by molar-refractivity contribution is 5.96. The van der Waals surface area contributed by atoms with Gasteiger partial charge in [0.1, 0.15) is 17.2 Å². The van der Waals surface area contributed by atoms with Crippen LogP contribution in [0.4, 0.5) is 4.39 Å². The number of ether oxygens (including phenoxy) is 1. The Morgan fingerprint density at radius 3 is 2.93 bits per heavy atom. The first-order valence-electron chi connectivity index (χ1n) is 9.30. The van der Waals surface area contributed by atoms with Crippen LogP contribution in [0, 0.1) is 23.2 Å². The molecule has 0 saturated carbocycles. The summed E-state index contributed by atoms with van der Waals surface area (Å²) in [5.41, 5.74) is 4.22. The Hall–Kier alpha value is -3.66. The van der Waals surface area contributed by atoms with Gasteiger partial charge in [-0.2, -0.15) is 5.26 Å². The fourth-order valence-corrected chi connectivity index (χ4v) is 3.80. The van der Waals surface area contributed by atoms with E-state index in [1.165, 1.54) is 12.1 Å². The molecule has 1 atom stereocenters. The number of nitriles is 1. The van der Waals surface area contributed by atoms with Crippen molar-refractivity contribution in [1.82, 2.24) is 15.3 Å². The molecule has 6 nitrogen and oxygen atoms in total. The molecule has 4 rings (SSSR count). The van der Waals surface area contributed by atoms with Gasteiger partial charge in [0, 0.05) is 28.8 Å². The molecule has 0 fully saturated rings. The van der Waals surface area contributed by atoms with Crippen LogP contribution >= 0.6 is 0 Å². The predicted molar refractivity (Wildman–Crippen MR) is 107 cm³/mol. The molecule has 146 valence electrons. The van der Waals surface area contributed by atoms with Crippen molar-refractivity contribution in [1.29, 1.82) is 5.26 Å². The summed E-state index contributed by atoms with van der Waals surface area (Å²) >= 11 is 0. The molecular weight excluding hydrogens is 371 g/mol. The number of hydrogen-bond acceptors (Lipinski definition) is 4. The number of nitrogens with zero attached hydrogens (tertiary/aromatic N) is 2. The number of H-pyrrole nitrogens is 1. The first kappa shape index (κ1) is 18.7. The number of benzene rings is 1. The van der Waals surface area contributed by atoms with Crippen LogP contribution in [0.1, 0.15) is 25.0 Å². The molecule has 2 aromatic heterocycles. The van der Waals surface area contributed by atoms with E-state index in [-0.39, 0.29) is 17.6 Å². The van der Waals surface area contributed by atoms with Crippen LogP contribution in [0.2, 0.25) is 0 Å². The number of hydrogen-bond donors (Lipinski definition) is 2. The number of halogens is 1. The Morgan fingerprint density at radius 1 is 1.34 bits per heavy atom. The van der Waals surface area contributed by atoms with Gasteiger partial charge in [-0.3, -0.25) is 10.1 Å². The topological polar surface area (TPSA) is 90.8 Å². The van der Waals surface area contributed by atoms with Gasteiger partial charge in [-0.25, -0.2) is 9.37 Å². The number of aromatic amines is 1. The van der Waals surface area contributed by atoms with Crippen LogP contribution in [-0.4, -0.2) is 23.0 Å². The minimum atomic E-state index is -0.335. The van der Waals surface area contributed by atoms with E-state index in [9.17, 15) is 9.18 Å². The van der Waals surface area contributed by atoms with Gasteiger partial charge in [0.2, 0.25) is 5.91 Å². The fourth-order valence-electron chi connectivity index (χ4n) is 3.80. The number of methoxy groups -OCH3 is 1. The maximum atomic E-state index is 13.9. The Bertz CT molecular complexity index is 1160. The standard InChI is InChI=1S/C22H19FN4O2/c1-29-20-7-6-15(23)10-17(20)16-8-9-25-21-18(16)11-19(27-21)13-2-4-14(5-3-13)22(28)26-12-24/h2,6-11,14H,3-5H2,1H3,(H,25,27)(H,26,28). The number of nitrogens with one attached hydrogen (secondary N) is 2. The van der Waals surface area contributed by atoms with Crippen LogP contribution in [0.5, 0.6) is 5.75 Å². The summed E-state index contributed by atoms with van der Waals surface area (Å²) in [6.45, 7) is 0. The molecule has 7 heteroatoms. The van der Waals surface area contributed by atoms with Gasteiger partial charge in [0.15, 0.2) is 6.19 Å². The van der Waals surface area contributed by atoms with Crippen LogP contribution in [0.3, 0.4) is 0 Å². The Morgan fingerprint density at radius 2 is 2.21 bits per heavy atom. The van der Waals surface area contributed by atoms with Crippen molar-refractivity contribution >= 4 is 22.5 Å². The van der Waals surface area contributed by atoms with E-state index in [0.717, 1.165) is 28.6 Å². The largest absolute Gasteiger partial charge is 0.496 e. The number of carbonyl (C=O) groups excluding carboxylic acids is 1. The normalized spacial score (nSPS) is 16.2. The van der Waals surface area contributed by atoms with Crippen LogP contribution in [0.15, 0.2) is 42.6 Å². The van der Waals surface area contributed by atoms with E-state index in [1.807, 2.05) is 18.2 Å². The van der Waals surface area contributed by atoms with E-state index in [2.05, 4.69) is 15.3 Å². The maximum absolute atomic E-state index is 13.9. The fraction of sp³-hybridized carbons (Fsp3) is 0.227. The molecule has 29 heavy (non-hydrogen) atoms. The smallest absolute Gasteiger partial charge is 0.236 e. The monoisotopic (exact) mass is 390 g/mol. The van der Waals surface area contributed by atoms with E-state index >= 15 is 0 Å². The lowest BCUT2D eigenvalue weighted by Crippen LogP contribution is -2.27. The molecule has 3 aromatic rings. The molecule has 0 radical (unpaired) electrons. The maximum Gasteiger partial charge on any atom is 0.236 e. The second-order valence-corrected chi connectivity index (χ2v) is 6.95. The van der Waals surface area contributed by atoms with Crippen molar-refractivity contribution < 1.29 is 13.9 Å².